The molecule has 0 bridgehead atoms. The molecule has 1 atom stereocenters. The minimum atomic E-state index is -0.107. The average molecular weight is 417 g/mol. The van der Waals surface area contributed by atoms with Crippen LogP contribution in [0.4, 0.5) is 5.69 Å². The van der Waals surface area contributed by atoms with E-state index >= 15 is 0 Å². The molecule has 2 aromatic rings. The van der Waals surface area contributed by atoms with Gasteiger partial charge in [-0.1, -0.05) is 12.1 Å². The van der Waals surface area contributed by atoms with Crippen LogP contribution in [-0.4, -0.2) is 68.3 Å². The second kappa shape index (κ2) is 9.56. The van der Waals surface area contributed by atoms with Gasteiger partial charge in [-0.2, -0.15) is 0 Å². The minimum absolute atomic E-state index is 0.107. The number of methoxy groups -OCH3 is 1. The van der Waals surface area contributed by atoms with Crippen molar-refractivity contribution in [1.82, 2.24) is 15.2 Å². The number of anilines is 1. The molecule has 2 aliphatic heterocycles. The molecular weight excluding hydrogens is 388 g/mol. The van der Waals surface area contributed by atoms with Crippen molar-refractivity contribution in [2.24, 2.45) is 0 Å². The highest BCUT2D eigenvalue weighted by molar-refractivity contribution is 7.09. The van der Waals surface area contributed by atoms with Gasteiger partial charge in [-0.15, -0.1) is 11.3 Å². The first kappa shape index (κ1) is 20.1. The standard InChI is InChI=1S/C21H28N4O3S/c1-27-19-7-3-2-6-18(19)25-10-8-24(9-11-25)14-20-23-17(15-29-20)21(26)22-13-16-5-4-12-28-16/h2-3,6-7,15-16H,4-5,8-14H2,1H3,(H,22,26). The molecule has 1 N–H and O–H groups in total. The number of aromatic nitrogens is 1. The number of nitrogens with one attached hydrogen (secondary N) is 1. The van der Waals surface area contributed by atoms with Crippen LogP contribution in [0.15, 0.2) is 29.6 Å². The van der Waals surface area contributed by atoms with E-state index in [1.807, 2.05) is 23.6 Å². The molecule has 2 fully saturated rings. The number of piperazine rings is 1. The number of carbonyl (C=O) groups is 1. The van der Waals surface area contributed by atoms with E-state index in [4.69, 9.17) is 9.47 Å². The van der Waals surface area contributed by atoms with Gasteiger partial charge in [0.15, 0.2) is 0 Å². The molecule has 1 aromatic heterocycles. The summed E-state index contributed by atoms with van der Waals surface area (Å²) >= 11 is 1.55. The monoisotopic (exact) mass is 416 g/mol. The van der Waals surface area contributed by atoms with E-state index in [9.17, 15) is 4.79 Å². The Morgan fingerprint density at radius 1 is 1.31 bits per heavy atom. The van der Waals surface area contributed by atoms with E-state index in [1.54, 1.807) is 18.4 Å². The summed E-state index contributed by atoms with van der Waals surface area (Å²) in [5.41, 5.74) is 1.66. The Bertz CT molecular complexity index is 814. The van der Waals surface area contributed by atoms with E-state index in [-0.39, 0.29) is 12.0 Å². The van der Waals surface area contributed by atoms with Gasteiger partial charge in [0, 0.05) is 44.7 Å². The number of rotatable bonds is 7. The van der Waals surface area contributed by atoms with Gasteiger partial charge in [0.1, 0.15) is 16.5 Å². The van der Waals surface area contributed by atoms with Crippen molar-refractivity contribution in [3.05, 3.63) is 40.3 Å². The molecule has 2 aliphatic rings. The number of hydrogen-bond donors (Lipinski definition) is 1. The number of benzene rings is 1. The van der Waals surface area contributed by atoms with Crippen LogP contribution in [0, 0.1) is 0 Å². The van der Waals surface area contributed by atoms with Gasteiger partial charge in [-0.25, -0.2) is 4.98 Å². The molecule has 1 aromatic carbocycles. The highest BCUT2D eigenvalue weighted by atomic mass is 32.1. The van der Waals surface area contributed by atoms with Crippen LogP contribution in [-0.2, 0) is 11.3 Å². The Morgan fingerprint density at radius 2 is 2.14 bits per heavy atom. The summed E-state index contributed by atoms with van der Waals surface area (Å²) in [4.78, 5) is 21.6. The number of para-hydroxylation sites is 2. The lowest BCUT2D eigenvalue weighted by atomic mass is 10.2. The molecular formula is C21H28N4O3S. The second-order valence-corrected chi connectivity index (χ2v) is 8.35. The van der Waals surface area contributed by atoms with Gasteiger partial charge in [-0.05, 0) is 25.0 Å². The zero-order valence-electron chi connectivity index (χ0n) is 16.8. The average Bonchev–Trinajstić information content (AvgIpc) is 3.45. The van der Waals surface area contributed by atoms with Crippen molar-refractivity contribution < 1.29 is 14.3 Å². The van der Waals surface area contributed by atoms with Crippen LogP contribution in [0.2, 0.25) is 0 Å². The zero-order chi connectivity index (χ0) is 20.1. The van der Waals surface area contributed by atoms with Gasteiger partial charge in [0.05, 0.1) is 25.4 Å². The van der Waals surface area contributed by atoms with Gasteiger partial charge in [0.2, 0.25) is 0 Å². The third-order valence-corrected chi connectivity index (χ3v) is 6.29. The Kier molecular flexibility index (Phi) is 6.63. The third kappa shape index (κ3) is 5.07. The molecule has 8 heteroatoms. The first-order valence-corrected chi connectivity index (χ1v) is 11.1. The lowest BCUT2D eigenvalue weighted by Crippen LogP contribution is -2.46. The van der Waals surface area contributed by atoms with Crippen LogP contribution in [0.25, 0.3) is 0 Å². The number of carbonyl (C=O) groups excluding carboxylic acids is 1. The Labute approximate surface area is 175 Å². The first-order valence-electron chi connectivity index (χ1n) is 10.2. The lowest BCUT2D eigenvalue weighted by Gasteiger charge is -2.36. The number of hydrogen-bond acceptors (Lipinski definition) is 7. The van der Waals surface area contributed by atoms with Gasteiger partial charge < -0.3 is 19.7 Å². The van der Waals surface area contributed by atoms with E-state index in [0.717, 1.165) is 68.6 Å². The van der Waals surface area contributed by atoms with Crippen molar-refractivity contribution >= 4 is 22.9 Å². The summed E-state index contributed by atoms with van der Waals surface area (Å²) in [6.45, 7) is 5.95. The largest absolute Gasteiger partial charge is 0.495 e. The lowest BCUT2D eigenvalue weighted by molar-refractivity contribution is 0.0854. The topological polar surface area (TPSA) is 66.9 Å². The fourth-order valence-electron chi connectivity index (χ4n) is 3.82. The van der Waals surface area contributed by atoms with E-state index < -0.39 is 0 Å². The Balaban J connectivity index is 1.26. The minimum Gasteiger partial charge on any atom is -0.495 e. The predicted octanol–water partition coefficient (Wildman–Crippen LogP) is 2.38. The van der Waals surface area contributed by atoms with Crippen molar-refractivity contribution in [3.8, 4) is 5.75 Å². The highest BCUT2D eigenvalue weighted by Gasteiger charge is 2.21. The summed E-state index contributed by atoms with van der Waals surface area (Å²) in [6, 6.07) is 8.15. The van der Waals surface area contributed by atoms with E-state index in [2.05, 4.69) is 26.2 Å². The maximum absolute atomic E-state index is 12.3. The smallest absolute Gasteiger partial charge is 0.270 e. The molecule has 29 heavy (non-hydrogen) atoms. The van der Waals surface area contributed by atoms with Gasteiger partial charge in [-0.3, -0.25) is 9.69 Å². The van der Waals surface area contributed by atoms with Crippen molar-refractivity contribution in [2.75, 3.05) is 51.3 Å². The van der Waals surface area contributed by atoms with Crippen LogP contribution < -0.4 is 15.0 Å². The molecule has 2 saturated heterocycles. The zero-order valence-corrected chi connectivity index (χ0v) is 17.6. The summed E-state index contributed by atoms with van der Waals surface area (Å²) in [7, 11) is 1.71. The Hall–Kier alpha value is -2.16. The third-order valence-electron chi connectivity index (χ3n) is 5.46. The summed E-state index contributed by atoms with van der Waals surface area (Å²) in [5.74, 6) is 0.809. The maximum atomic E-state index is 12.3. The van der Waals surface area contributed by atoms with Gasteiger partial charge >= 0.3 is 0 Å². The van der Waals surface area contributed by atoms with Gasteiger partial charge in [0.25, 0.3) is 5.91 Å². The van der Waals surface area contributed by atoms with Crippen LogP contribution >= 0.6 is 11.3 Å². The first-order chi connectivity index (χ1) is 14.2. The predicted molar refractivity (Wildman–Crippen MR) is 114 cm³/mol. The van der Waals surface area contributed by atoms with E-state index in [0.29, 0.717) is 12.2 Å². The number of thiazole rings is 1. The maximum Gasteiger partial charge on any atom is 0.270 e. The van der Waals surface area contributed by atoms with Crippen LogP contribution in [0.3, 0.4) is 0 Å². The van der Waals surface area contributed by atoms with Crippen LogP contribution in [0.5, 0.6) is 5.75 Å². The second-order valence-electron chi connectivity index (χ2n) is 7.41. The molecule has 4 rings (SSSR count). The molecule has 0 saturated carbocycles. The molecule has 0 aliphatic carbocycles. The quantitative estimate of drug-likeness (QED) is 0.748. The summed E-state index contributed by atoms with van der Waals surface area (Å²) in [5, 5.41) is 5.78. The fourth-order valence-corrected chi connectivity index (χ4v) is 4.63. The van der Waals surface area contributed by atoms with Crippen molar-refractivity contribution in [2.45, 2.75) is 25.5 Å². The summed E-state index contributed by atoms with van der Waals surface area (Å²) in [6.07, 6.45) is 2.24. The van der Waals surface area contributed by atoms with Crippen molar-refractivity contribution in [1.29, 1.82) is 0 Å². The molecule has 7 nitrogen and oxygen atoms in total. The fraction of sp³-hybridized carbons (Fsp3) is 0.524. The molecule has 0 radical (unpaired) electrons. The summed E-state index contributed by atoms with van der Waals surface area (Å²) < 4.78 is 11.0. The molecule has 1 unspecified atom stereocenters. The SMILES string of the molecule is COc1ccccc1N1CCN(Cc2nc(C(=O)NCC3CCCO3)cs2)CC1. The molecule has 0 spiro atoms. The van der Waals surface area contributed by atoms with Crippen LogP contribution in [0.1, 0.15) is 28.3 Å². The molecule has 156 valence electrons. The Morgan fingerprint density at radius 3 is 2.90 bits per heavy atom. The highest BCUT2D eigenvalue weighted by Crippen LogP contribution is 2.28. The van der Waals surface area contributed by atoms with E-state index in [1.165, 1.54) is 0 Å². The number of nitrogens with zero attached hydrogens (tertiary/aromatic N) is 3. The number of amides is 1. The molecule has 3 heterocycles. The van der Waals surface area contributed by atoms with Crippen molar-refractivity contribution in [3.63, 3.8) is 0 Å². The molecule has 1 amide bonds. The number of ether oxygens (including phenoxy) is 2. The normalized spacial score (nSPS) is 20.0.